The van der Waals surface area contributed by atoms with Crippen LogP contribution in [0.15, 0.2) is 28.9 Å². The van der Waals surface area contributed by atoms with E-state index < -0.39 is 0 Å². The van der Waals surface area contributed by atoms with Crippen LogP contribution in [0.2, 0.25) is 0 Å². The van der Waals surface area contributed by atoms with E-state index in [1.54, 1.807) is 0 Å². The first-order valence-electron chi connectivity index (χ1n) is 4.72. The summed E-state index contributed by atoms with van der Waals surface area (Å²) in [4.78, 5) is 7.57. The number of nitrogens with two attached hydrogens (primary N) is 1. The summed E-state index contributed by atoms with van der Waals surface area (Å²) in [6.07, 6.45) is 0. The molecule has 0 aliphatic heterocycles. The third kappa shape index (κ3) is 2.11. The van der Waals surface area contributed by atoms with Gasteiger partial charge >= 0.3 is 0 Å². The van der Waals surface area contributed by atoms with E-state index in [1.165, 1.54) is 5.56 Å². The number of nitrogens with one attached hydrogen (secondary N) is 1. The first kappa shape index (κ1) is 10.4. The molecule has 0 saturated carbocycles. The fourth-order valence-electron chi connectivity index (χ4n) is 1.45. The average Bonchev–Trinajstić information content (AvgIpc) is 2.60. The molecule has 1 aromatic carbocycles. The minimum Gasteiger partial charge on any atom is -0.340 e. The van der Waals surface area contributed by atoms with Gasteiger partial charge < -0.3 is 10.7 Å². The molecule has 0 aliphatic rings. The number of hydrogen-bond donors (Lipinski definition) is 2. The lowest BCUT2D eigenvalue weighted by Gasteiger charge is -1.97. The Morgan fingerprint density at radius 2 is 2.27 bits per heavy atom. The highest BCUT2D eigenvalue weighted by atomic mass is 79.9. The van der Waals surface area contributed by atoms with Crippen LogP contribution in [0, 0.1) is 6.92 Å². The molecule has 0 spiro atoms. The van der Waals surface area contributed by atoms with Gasteiger partial charge in [0.05, 0.1) is 5.69 Å². The van der Waals surface area contributed by atoms with Gasteiger partial charge in [0.15, 0.2) is 0 Å². The molecule has 1 heterocycles. The molecule has 2 rings (SSSR count). The van der Waals surface area contributed by atoms with Gasteiger partial charge in [-0.25, -0.2) is 4.98 Å². The standard InChI is InChI=1S/C11H12BrN3/c1-7-3-2-4-8(5-7)11-14-9(6-13)10(12)15-11/h2-5H,6,13H2,1H3,(H,14,15). The second kappa shape index (κ2) is 4.16. The van der Waals surface area contributed by atoms with Gasteiger partial charge in [0.1, 0.15) is 10.4 Å². The first-order valence-corrected chi connectivity index (χ1v) is 5.51. The monoisotopic (exact) mass is 265 g/mol. The van der Waals surface area contributed by atoms with Crippen molar-refractivity contribution in [3.8, 4) is 11.4 Å². The molecule has 0 atom stereocenters. The van der Waals surface area contributed by atoms with E-state index in [1.807, 2.05) is 12.1 Å². The van der Waals surface area contributed by atoms with Crippen LogP contribution in [0.1, 0.15) is 11.3 Å². The van der Waals surface area contributed by atoms with Crippen LogP contribution in [-0.2, 0) is 6.54 Å². The SMILES string of the molecule is Cc1cccc(-c2nc(Br)c(CN)[nH]2)c1. The number of imidazole rings is 1. The number of nitrogens with zero attached hydrogens (tertiary/aromatic N) is 1. The van der Waals surface area contributed by atoms with Crippen molar-refractivity contribution in [1.82, 2.24) is 9.97 Å². The largest absolute Gasteiger partial charge is 0.340 e. The number of aromatic amines is 1. The maximum atomic E-state index is 5.57. The van der Waals surface area contributed by atoms with Crippen molar-refractivity contribution < 1.29 is 0 Å². The summed E-state index contributed by atoms with van der Waals surface area (Å²) in [7, 11) is 0. The highest BCUT2D eigenvalue weighted by Gasteiger charge is 2.07. The zero-order valence-electron chi connectivity index (χ0n) is 8.42. The molecule has 15 heavy (non-hydrogen) atoms. The summed E-state index contributed by atoms with van der Waals surface area (Å²) in [6, 6.07) is 8.19. The summed E-state index contributed by atoms with van der Waals surface area (Å²) >= 11 is 3.37. The highest BCUT2D eigenvalue weighted by Crippen LogP contribution is 2.21. The van der Waals surface area contributed by atoms with E-state index in [0.717, 1.165) is 21.7 Å². The van der Waals surface area contributed by atoms with Crippen LogP contribution in [0.3, 0.4) is 0 Å². The third-order valence-corrected chi connectivity index (χ3v) is 2.88. The van der Waals surface area contributed by atoms with Crippen molar-refractivity contribution in [3.05, 3.63) is 40.1 Å². The second-order valence-corrected chi connectivity index (χ2v) is 4.18. The van der Waals surface area contributed by atoms with E-state index in [4.69, 9.17) is 5.73 Å². The molecule has 3 nitrogen and oxygen atoms in total. The van der Waals surface area contributed by atoms with Crippen LogP contribution in [-0.4, -0.2) is 9.97 Å². The fraction of sp³-hybridized carbons (Fsp3) is 0.182. The Morgan fingerprint density at radius 1 is 1.47 bits per heavy atom. The van der Waals surface area contributed by atoms with E-state index in [2.05, 4.69) is 45.0 Å². The lowest BCUT2D eigenvalue weighted by atomic mass is 10.1. The number of H-pyrrole nitrogens is 1. The Labute approximate surface area is 96.9 Å². The predicted octanol–water partition coefficient (Wildman–Crippen LogP) is 2.61. The van der Waals surface area contributed by atoms with Crippen LogP contribution in [0.5, 0.6) is 0 Å². The third-order valence-electron chi connectivity index (χ3n) is 2.22. The fourth-order valence-corrected chi connectivity index (χ4v) is 1.89. The summed E-state index contributed by atoms with van der Waals surface area (Å²) in [5.41, 5.74) is 8.79. The highest BCUT2D eigenvalue weighted by molar-refractivity contribution is 9.10. The Hall–Kier alpha value is -1.13. The summed E-state index contributed by atoms with van der Waals surface area (Å²) in [5.74, 6) is 0.853. The predicted molar refractivity (Wildman–Crippen MR) is 64.4 cm³/mol. The molecule has 4 heteroatoms. The van der Waals surface area contributed by atoms with Crippen molar-refractivity contribution in [3.63, 3.8) is 0 Å². The van der Waals surface area contributed by atoms with Crippen molar-refractivity contribution in [2.75, 3.05) is 0 Å². The molecule has 0 unspecified atom stereocenters. The van der Waals surface area contributed by atoms with Gasteiger partial charge in [-0.2, -0.15) is 0 Å². The van der Waals surface area contributed by atoms with Gasteiger partial charge in [-0.1, -0.05) is 23.8 Å². The van der Waals surface area contributed by atoms with E-state index in [0.29, 0.717) is 6.54 Å². The molecule has 1 aromatic heterocycles. The Morgan fingerprint density at radius 3 is 2.87 bits per heavy atom. The lowest BCUT2D eigenvalue weighted by Crippen LogP contribution is -1.96. The molecule has 0 amide bonds. The molecular weight excluding hydrogens is 254 g/mol. The zero-order valence-corrected chi connectivity index (χ0v) is 10.0. The molecule has 0 radical (unpaired) electrons. The molecule has 0 bridgehead atoms. The topological polar surface area (TPSA) is 54.7 Å². The normalized spacial score (nSPS) is 10.6. The summed E-state index contributed by atoms with van der Waals surface area (Å²) in [6.45, 7) is 2.52. The number of hydrogen-bond acceptors (Lipinski definition) is 2. The summed E-state index contributed by atoms with van der Waals surface area (Å²) < 4.78 is 0.793. The molecule has 0 fully saturated rings. The Bertz CT molecular complexity index is 476. The van der Waals surface area contributed by atoms with E-state index in [9.17, 15) is 0 Å². The Kier molecular flexibility index (Phi) is 2.88. The number of rotatable bonds is 2. The van der Waals surface area contributed by atoms with Crippen molar-refractivity contribution in [2.24, 2.45) is 5.73 Å². The number of aromatic nitrogens is 2. The van der Waals surface area contributed by atoms with Crippen molar-refractivity contribution >= 4 is 15.9 Å². The van der Waals surface area contributed by atoms with Crippen molar-refractivity contribution in [1.29, 1.82) is 0 Å². The van der Waals surface area contributed by atoms with Gasteiger partial charge in [-0.05, 0) is 28.9 Å². The molecular formula is C11H12BrN3. The molecule has 0 saturated heterocycles. The van der Waals surface area contributed by atoms with Gasteiger partial charge in [0.25, 0.3) is 0 Å². The molecule has 0 aliphatic carbocycles. The average molecular weight is 266 g/mol. The number of halogens is 1. The van der Waals surface area contributed by atoms with Crippen molar-refractivity contribution in [2.45, 2.75) is 13.5 Å². The smallest absolute Gasteiger partial charge is 0.138 e. The van der Waals surface area contributed by atoms with Gasteiger partial charge in [0.2, 0.25) is 0 Å². The van der Waals surface area contributed by atoms with Crippen LogP contribution in [0.25, 0.3) is 11.4 Å². The number of benzene rings is 1. The maximum absolute atomic E-state index is 5.57. The maximum Gasteiger partial charge on any atom is 0.138 e. The Balaban J connectivity index is 2.45. The number of aryl methyl sites for hydroxylation is 1. The molecule has 3 N–H and O–H groups in total. The molecule has 2 aromatic rings. The van der Waals surface area contributed by atoms with E-state index in [-0.39, 0.29) is 0 Å². The first-order chi connectivity index (χ1) is 7.20. The van der Waals surface area contributed by atoms with Crippen LogP contribution < -0.4 is 5.73 Å². The minimum absolute atomic E-state index is 0.458. The lowest BCUT2D eigenvalue weighted by molar-refractivity contribution is 1.00. The van der Waals surface area contributed by atoms with Crippen LogP contribution in [0.4, 0.5) is 0 Å². The van der Waals surface area contributed by atoms with Gasteiger partial charge in [-0.3, -0.25) is 0 Å². The quantitative estimate of drug-likeness (QED) is 0.877. The van der Waals surface area contributed by atoms with Gasteiger partial charge in [-0.15, -0.1) is 0 Å². The van der Waals surface area contributed by atoms with Crippen LogP contribution >= 0.6 is 15.9 Å². The second-order valence-electron chi connectivity index (χ2n) is 3.43. The summed E-state index contributed by atoms with van der Waals surface area (Å²) in [5, 5.41) is 0. The van der Waals surface area contributed by atoms with Gasteiger partial charge in [0, 0.05) is 12.1 Å². The van der Waals surface area contributed by atoms with E-state index >= 15 is 0 Å². The molecule has 78 valence electrons. The minimum atomic E-state index is 0.458. The zero-order chi connectivity index (χ0) is 10.8.